The van der Waals surface area contributed by atoms with Crippen LogP contribution in [0.1, 0.15) is 61.8 Å². The van der Waals surface area contributed by atoms with Crippen LogP contribution in [-0.4, -0.2) is 56.6 Å². The smallest absolute Gasteiger partial charge is 0.142 e. The molecule has 4 nitrogen and oxygen atoms in total. The largest absolute Gasteiger partial charge is 0.389 e. The van der Waals surface area contributed by atoms with Crippen molar-refractivity contribution in [2.75, 3.05) is 0 Å². The molecular formula is C44H52F2N2O2. The van der Waals surface area contributed by atoms with Crippen LogP contribution in [0.15, 0.2) is 121 Å². The van der Waals surface area contributed by atoms with Gasteiger partial charge in [0.25, 0.3) is 0 Å². The van der Waals surface area contributed by atoms with Crippen molar-refractivity contribution in [3.63, 3.8) is 0 Å². The van der Waals surface area contributed by atoms with Crippen LogP contribution in [0.25, 0.3) is 0 Å². The first-order chi connectivity index (χ1) is 24.3. The van der Waals surface area contributed by atoms with Crippen LogP contribution in [0.5, 0.6) is 0 Å². The Bertz CT molecular complexity index is 1450. The van der Waals surface area contributed by atoms with Gasteiger partial charge < -0.3 is 10.2 Å². The van der Waals surface area contributed by atoms with E-state index in [-0.39, 0.29) is 34.7 Å². The summed E-state index contributed by atoms with van der Waals surface area (Å²) in [4.78, 5) is 4.49. The summed E-state index contributed by atoms with van der Waals surface area (Å²) in [6.45, 7) is 7.01. The standard InChI is InChI=1S/2C22H26FNO/c2*1-2-22-13-18(22)20(19(23)21(22)25)24(14-16-9-5-3-6-10-16)15-17-11-7-4-8-12-17/h2*3-12,18-21,25H,2,13-15H2,1H3/t18-,19+,20-,21+,22-;18-,19+,20-,21-,22-/m11/s1. The zero-order valence-corrected chi connectivity index (χ0v) is 29.4. The summed E-state index contributed by atoms with van der Waals surface area (Å²) in [6, 6.07) is 40.6. The summed E-state index contributed by atoms with van der Waals surface area (Å²) in [5, 5.41) is 21.0. The van der Waals surface area contributed by atoms with Crippen molar-refractivity contribution >= 4 is 0 Å². The lowest BCUT2D eigenvalue weighted by atomic mass is 9.97. The van der Waals surface area contributed by atoms with Gasteiger partial charge in [-0.1, -0.05) is 135 Å². The predicted octanol–water partition coefficient (Wildman–Crippen LogP) is 8.37. The Balaban J connectivity index is 0.000000157. The highest BCUT2D eigenvalue weighted by Crippen LogP contribution is 2.68. The first-order valence-electron chi connectivity index (χ1n) is 18.6. The molecule has 0 heterocycles. The second-order valence-corrected chi connectivity index (χ2v) is 15.3. The molecule has 4 aliphatic carbocycles. The van der Waals surface area contributed by atoms with E-state index in [1.54, 1.807) is 0 Å². The fraction of sp³-hybridized carbons (Fsp3) is 0.455. The van der Waals surface area contributed by atoms with Gasteiger partial charge in [0.2, 0.25) is 0 Å². The number of nitrogens with zero attached hydrogens (tertiary/aromatic N) is 2. The van der Waals surface area contributed by atoms with Crippen LogP contribution in [0.3, 0.4) is 0 Å². The second kappa shape index (κ2) is 14.7. The van der Waals surface area contributed by atoms with Crippen molar-refractivity contribution in [1.82, 2.24) is 9.80 Å². The molecule has 50 heavy (non-hydrogen) atoms. The summed E-state index contributed by atoms with van der Waals surface area (Å²) in [5.74, 6) is 0.546. The quantitative estimate of drug-likeness (QED) is 0.158. The number of alkyl halides is 2. The number of fused-ring (bicyclic) bond motifs is 2. The SMILES string of the molecule is CC[C@@]12C[C@@H]1[C@@H](N(Cc1ccccc1)Cc1ccccc1)[C@H](F)[C@@H]2O.CC[C@@]12C[C@@H]1[C@@H](N(Cc1ccccc1)Cc1ccccc1)[C@H](F)[C@H]2O. The molecule has 8 rings (SSSR count). The zero-order valence-electron chi connectivity index (χ0n) is 29.4. The maximum Gasteiger partial charge on any atom is 0.142 e. The van der Waals surface area contributed by atoms with E-state index in [1.807, 2.05) is 72.8 Å². The van der Waals surface area contributed by atoms with Crippen molar-refractivity contribution in [2.24, 2.45) is 22.7 Å². The molecule has 6 heteroatoms. The molecule has 4 fully saturated rings. The molecule has 2 N–H and O–H groups in total. The summed E-state index contributed by atoms with van der Waals surface area (Å²) < 4.78 is 30.1. The zero-order chi connectivity index (χ0) is 34.9. The van der Waals surface area contributed by atoms with Crippen molar-refractivity contribution in [3.8, 4) is 0 Å². The Morgan fingerprint density at radius 1 is 0.500 bits per heavy atom. The molecule has 0 aromatic heterocycles. The Hall–Kier alpha value is -3.42. The molecule has 4 aromatic carbocycles. The lowest BCUT2D eigenvalue weighted by Crippen LogP contribution is -2.43. The fourth-order valence-corrected chi connectivity index (χ4v) is 9.70. The van der Waals surface area contributed by atoms with E-state index in [2.05, 4.69) is 72.2 Å². The number of benzene rings is 4. The average molecular weight is 679 g/mol. The molecule has 0 radical (unpaired) electrons. The maximum atomic E-state index is 15.1. The van der Waals surface area contributed by atoms with Gasteiger partial charge in [-0.15, -0.1) is 0 Å². The summed E-state index contributed by atoms with van der Waals surface area (Å²) in [5.41, 5.74) is 4.39. The van der Waals surface area contributed by atoms with E-state index in [1.165, 1.54) is 22.3 Å². The minimum Gasteiger partial charge on any atom is -0.389 e. The van der Waals surface area contributed by atoms with Gasteiger partial charge in [-0.25, -0.2) is 8.78 Å². The topological polar surface area (TPSA) is 46.9 Å². The Morgan fingerprint density at radius 3 is 0.980 bits per heavy atom. The lowest BCUT2D eigenvalue weighted by molar-refractivity contribution is 0.00783. The normalized spacial score (nSPS) is 33.4. The van der Waals surface area contributed by atoms with E-state index in [4.69, 9.17) is 0 Å². The average Bonchev–Trinajstić information content (AvgIpc) is 4.04. The molecule has 0 bridgehead atoms. The molecule has 0 amide bonds. The van der Waals surface area contributed by atoms with Crippen LogP contribution in [-0.2, 0) is 26.2 Å². The molecule has 10 atom stereocenters. The van der Waals surface area contributed by atoms with Gasteiger partial charge in [-0.2, -0.15) is 0 Å². The van der Waals surface area contributed by atoms with Crippen LogP contribution in [0, 0.1) is 22.7 Å². The van der Waals surface area contributed by atoms with Gasteiger partial charge in [0.05, 0.1) is 12.2 Å². The Labute approximate surface area is 296 Å². The van der Waals surface area contributed by atoms with Gasteiger partial charge in [-0.05, 0) is 59.8 Å². The first-order valence-corrected chi connectivity index (χ1v) is 18.6. The second-order valence-electron chi connectivity index (χ2n) is 15.3. The highest BCUT2D eigenvalue weighted by atomic mass is 19.1. The number of hydrogen-bond donors (Lipinski definition) is 2. The van der Waals surface area contributed by atoms with Gasteiger partial charge in [0, 0.05) is 49.1 Å². The van der Waals surface area contributed by atoms with Crippen LogP contribution in [0.4, 0.5) is 8.78 Å². The molecule has 4 aliphatic rings. The van der Waals surface area contributed by atoms with Gasteiger partial charge in [-0.3, -0.25) is 9.80 Å². The summed E-state index contributed by atoms with van der Waals surface area (Å²) in [6.07, 6.45) is -0.327. The van der Waals surface area contributed by atoms with Gasteiger partial charge >= 0.3 is 0 Å². The van der Waals surface area contributed by atoms with Crippen molar-refractivity contribution in [3.05, 3.63) is 144 Å². The minimum absolute atomic E-state index is 0.185. The number of aliphatic hydroxyl groups is 2. The predicted molar refractivity (Wildman–Crippen MR) is 195 cm³/mol. The van der Waals surface area contributed by atoms with Crippen LogP contribution < -0.4 is 0 Å². The molecule has 4 saturated carbocycles. The van der Waals surface area contributed by atoms with E-state index < -0.39 is 24.6 Å². The maximum absolute atomic E-state index is 15.1. The third-order valence-electron chi connectivity index (χ3n) is 12.7. The van der Waals surface area contributed by atoms with E-state index in [0.717, 1.165) is 25.7 Å². The number of rotatable bonds is 12. The highest BCUT2D eigenvalue weighted by Gasteiger charge is 2.72. The lowest BCUT2D eigenvalue weighted by Gasteiger charge is -2.32. The van der Waals surface area contributed by atoms with Crippen LogP contribution in [0.2, 0.25) is 0 Å². The number of hydrogen-bond acceptors (Lipinski definition) is 4. The van der Waals surface area contributed by atoms with Crippen molar-refractivity contribution in [2.45, 2.75) is 102 Å². The molecule has 0 unspecified atom stereocenters. The minimum atomic E-state index is -1.16. The Kier molecular flexibility index (Phi) is 10.3. The Morgan fingerprint density at radius 2 is 0.760 bits per heavy atom. The molecule has 0 saturated heterocycles. The van der Waals surface area contributed by atoms with Crippen molar-refractivity contribution in [1.29, 1.82) is 0 Å². The monoisotopic (exact) mass is 678 g/mol. The molecule has 264 valence electrons. The molecule has 4 aromatic rings. The van der Waals surface area contributed by atoms with E-state index >= 15 is 8.78 Å². The van der Waals surface area contributed by atoms with Gasteiger partial charge in [0.1, 0.15) is 12.3 Å². The van der Waals surface area contributed by atoms with E-state index in [9.17, 15) is 10.2 Å². The summed E-state index contributed by atoms with van der Waals surface area (Å²) in [7, 11) is 0. The fourth-order valence-electron chi connectivity index (χ4n) is 9.70. The van der Waals surface area contributed by atoms with Crippen molar-refractivity contribution < 1.29 is 19.0 Å². The molecule has 0 aliphatic heterocycles. The third kappa shape index (κ3) is 6.68. The molecular weight excluding hydrogens is 626 g/mol. The molecule has 0 spiro atoms. The number of halogens is 2. The third-order valence-corrected chi connectivity index (χ3v) is 12.7. The number of aliphatic hydroxyl groups excluding tert-OH is 2. The summed E-state index contributed by atoms with van der Waals surface area (Å²) >= 11 is 0. The highest BCUT2D eigenvalue weighted by molar-refractivity contribution is 5.26. The van der Waals surface area contributed by atoms with Crippen LogP contribution >= 0.6 is 0 Å². The van der Waals surface area contributed by atoms with E-state index in [0.29, 0.717) is 26.2 Å². The van der Waals surface area contributed by atoms with Gasteiger partial charge in [0.15, 0.2) is 0 Å². The first kappa shape index (κ1) is 35.0.